The summed E-state index contributed by atoms with van der Waals surface area (Å²) in [7, 11) is 1.73. The van der Waals surface area contributed by atoms with E-state index < -0.39 is 0 Å². The number of nitrogens with one attached hydrogen (secondary N) is 2. The van der Waals surface area contributed by atoms with Crippen LogP contribution in [0.2, 0.25) is 0 Å². The lowest BCUT2D eigenvalue weighted by Crippen LogP contribution is -2.35. The zero-order chi connectivity index (χ0) is 23.0. The molecule has 7 heteroatoms. The van der Waals surface area contributed by atoms with Crippen LogP contribution in [0.25, 0.3) is 22.3 Å². The molecule has 3 heterocycles. The molecule has 1 atom stereocenters. The highest BCUT2D eigenvalue weighted by atomic mass is 16.2. The maximum Gasteiger partial charge on any atom is 0.242 e. The molecule has 2 N–H and O–H groups in total. The van der Waals surface area contributed by atoms with Crippen molar-refractivity contribution in [2.24, 2.45) is 0 Å². The van der Waals surface area contributed by atoms with E-state index in [-0.39, 0.29) is 11.9 Å². The monoisotopic (exact) mass is 434 g/mol. The van der Waals surface area contributed by atoms with Gasteiger partial charge < -0.3 is 10.6 Å². The Hall–Kier alpha value is -4.41. The first kappa shape index (κ1) is 21.8. The normalized spacial score (nSPS) is 11.2. The SMILES string of the molecule is CNC(C)C(=O)Nc1cc(-c2ccncc2)c(-c2cncnc2)c(C#Cc2ccccc2)n1. The highest BCUT2D eigenvalue weighted by molar-refractivity contribution is 5.96. The number of benzene rings is 1. The minimum atomic E-state index is -0.378. The van der Waals surface area contributed by atoms with Crippen LogP contribution in [0.1, 0.15) is 18.2 Å². The van der Waals surface area contributed by atoms with Crippen LogP contribution in [0, 0.1) is 11.8 Å². The van der Waals surface area contributed by atoms with Crippen LogP contribution in [-0.4, -0.2) is 38.9 Å². The van der Waals surface area contributed by atoms with Crippen LogP contribution in [0.4, 0.5) is 5.82 Å². The molecule has 33 heavy (non-hydrogen) atoms. The number of hydrogen-bond acceptors (Lipinski definition) is 6. The molecule has 0 aliphatic carbocycles. The molecule has 1 aromatic carbocycles. The first-order chi connectivity index (χ1) is 16.2. The van der Waals surface area contributed by atoms with E-state index in [0.29, 0.717) is 11.5 Å². The molecule has 0 aliphatic rings. The van der Waals surface area contributed by atoms with Gasteiger partial charge in [0.25, 0.3) is 0 Å². The summed E-state index contributed by atoms with van der Waals surface area (Å²) in [5, 5.41) is 5.83. The summed E-state index contributed by atoms with van der Waals surface area (Å²) < 4.78 is 0. The first-order valence-corrected chi connectivity index (χ1v) is 10.4. The van der Waals surface area contributed by atoms with Crippen molar-refractivity contribution >= 4 is 11.7 Å². The van der Waals surface area contributed by atoms with Crippen molar-refractivity contribution in [3.05, 3.63) is 90.9 Å². The van der Waals surface area contributed by atoms with E-state index in [9.17, 15) is 4.79 Å². The average Bonchev–Trinajstić information content (AvgIpc) is 2.88. The summed E-state index contributed by atoms with van der Waals surface area (Å²) in [4.78, 5) is 29.8. The van der Waals surface area contributed by atoms with Crippen molar-refractivity contribution in [2.45, 2.75) is 13.0 Å². The maximum absolute atomic E-state index is 12.6. The molecule has 1 unspecified atom stereocenters. The number of hydrogen-bond donors (Lipinski definition) is 2. The van der Waals surface area contributed by atoms with E-state index in [4.69, 9.17) is 4.98 Å². The van der Waals surface area contributed by atoms with Crippen LogP contribution in [-0.2, 0) is 4.79 Å². The summed E-state index contributed by atoms with van der Waals surface area (Å²) in [5.41, 5.74) is 4.67. The lowest BCUT2D eigenvalue weighted by Gasteiger charge is -2.16. The van der Waals surface area contributed by atoms with Gasteiger partial charge in [-0.1, -0.05) is 24.1 Å². The Bertz CT molecular complexity index is 1300. The molecule has 3 aromatic heterocycles. The molecule has 162 valence electrons. The van der Waals surface area contributed by atoms with E-state index in [0.717, 1.165) is 27.8 Å². The van der Waals surface area contributed by atoms with Crippen LogP contribution in [0.5, 0.6) is 0 Å². The Kier molecular flexibility index (Phi) is 6.78. The fraction of sp³-hybridized carbons (Fsp3) is 0.115. The van der Waals surface area contributed by atoms with E-state index in [1.54, 1.807) is 38.8 Å². The molecule has 0 fully saturated rings. The summed E-state index contributed by atoms with van der Waals surface area (Å²) >= 11 is 0. The van der Waals surface area contributed by atoms with Crippen LogP contribution in [0.3, 0.4) is 0 Å². The standard InChI is InChI=1S/C26H22N6O/c1-18(27-2)26(33)32-24-14-22(20-10-12-28-13-11-20)25(21-15-29-17-30-16-21)23(31-24)9-8-19-6-4-3-5-7-19/h3-7,10-18,27H,1-2H3,(H,31,32,33). The van der Waals surface area contributed by atoms with Gasteiger partial charge in [-0.2, -0.15) is 0 Å². The number of likely N-dealkylation sites (N-methyl/N-ethyl adjacent to an activating group) is 1. The van der Waals surface area contributed by atoms with E-state index >= 15 is 0 Å². The maximum atomic E-state index is 12.6. The number of anilines is 1. The summed E-state index contributed by atoms with van der Waals surface area (Å²) in [6, 6.07) is 14.9. The number of carbonyl (C=O) groups is 1. The Morgan fingerprint density at radius 1 is 0.939 bits per heavy atom. The molecule has 0 spiro atoms. The van der Waals surface area contributed by atoms with Gasteiger partial charge in [0.15, 0.2) is 0 Å². The summed E-state index contributed by atoms with van der Waals surface area (Å²) in [5.74, 6) is 6.59. The van der Waals surface area contributed by atoms with Gasteiger partial charge in [-0.15, -0.1) is 0 Å². The molecule has 0 radical (unpaired) electrons. The van der Waals surface area contributed by atoms with Gasteiger partial charge in [-0.25, -0.2) is 15.0 Å². The van der Waals surface area contributed by atoms with Crippen molar-refractivity contribution in [3.63, 3.8) is 0 Å². The third-order valence-electron chi connectivity index (χ3n) is 5.04. The lowest BCUT2D eigenvalue weighted by atomic mass is 9.95. The quantitative estimate of drug-likeness (QED) is 0.467. The lowest BCUT2D eigenvalue weighted by molar-refractivity contribution is -0.117. The van der Waals surface area contributed by atoms with Crippen molar-refractivity contribution < 1.29 is 4.79 Å². The van der Waals surface area contributed by atoms with Crippen molar-refractivity contribution in [2.75, 3.05) is 12.4 Å². The average molecular weight is 435 g/mol. The van der Waals surface area contributed by atoms with Gasteiger partial charge in [0.05, 0.1) is 6.04 Å². The number of pyridine rings is 2. The highest BCUT2D eigenvalue weighted by Gasteiger charge is 2.18. The summed E-state index contributed by atoms with van der Waals surface area (Å²) in [6.07, 6.45) is 8.37. The molecule has 7 nitrogen and oxygen atoms in total. The zero-order valence-corrected chi connectivity index (χ0v) is 18.3. The molecule has 1 amide bonds. The van der Waals surface area contributed by atoms with Crippen LogP contribution in [0.15, 0.2) is 79.6 Å². The number of nitrogens with zero attached hydrogens (tertiary/aromatic N) is 4. The Morgan fingerprint density at radius 2 is 1.67 bits per heavy atom. The van der Waals surface area contributed by atoms with Gasteiger partial charge in [-0.05, 0) is 61.4 Å². The molecule has 0 aliphatic heterocycles. The highest BCUT2D eigenvalue weighted by Crippen LogP contribution is 2.35. The third kappa shape index (κ3) is 5.26. The summed E-state index contributed by atoms with van der Waals surface area (Å²) in [6.45, 7) is 1.78. The van der Waals surface area contributed by atoms with Crippen molar-refractivity contribution in [1.82, 2.24) is 25.3 Å². The first-order valence-electron chi connectivity index (χ1n) is 10.4. The van der Waals surface area contributed by atoms with Gasteiger partial charge in [-0.3, -0.25) is 9.78 Å². The fourth-order valence-electron chi connectivity index (χ4n) is 3.20. The predicted molar refractivity (Wildman–Crippen MR) is 128 cm³/mol. The Morgan fingerprint density at radius 3 is 2.36 bits per heavy atom. The second-order valence-corrected chi connectivity index (χ2v) is 7.26. The topological polar surface area (TPSA) is 92.7 Å². The van der Waals surface area contributed by atoms with E-state index in [2.05, 4.69) is 37.4 Å². The Balaban J connectivity index is 1.94. The molecule has 0 saturated heterocycles. The minimum Gasteiger partial charge on any atom is -0.309 e. The number of carbonyl (C=O) groups excluding carboxylic acids is 1. The largest absolute Gasteiger partial charge is 0.309 e. The molecule has 0 saturated carbocycles. The Labute approximate surface area is 192 Å². The van der Waals surface area contributed by atoms with Gasteiger partial charge in [0.2, 0.25) is 5.91 Å². The third-order valence-corrected chi connectivity index (χ3v) is 5.04. The van der Waals surface area contributed by atoms with E-state index in [1.165, 1.54) is 6.33 Å². The van der Waals surface area contributed by atoms with Gasteiger partial charge >= 0.3 is 0 Å². The van der Waals surface area contributed by atoms with Crippen LogP contribution >= 0.6 is 0 Å². The molecule has 0 bridgehead atoms. The molecule has 4 aromatic rings. The smallest absolute Gasteiger partial charge is 0.242 e. The molecular formula is C26H22N6O. The second-order valence-electron chi connectivity index (χ2n) is 7.26. The van der Waals surface area contributed by atoms with E-state index in [1.807, 2.05) is 48.5 Å². The molecule has 4 rings (SSSR count). The van der Waals surface area contributed by atoms with Gasteiger partial charge in [0, 0.05) is 41.5 Å². The fourth-order valence-corrected chi connectivity index (χ4v) is 3.20. The second kappa shape index (κ2) is 10.3. The predicted octanol–water partition coefficient (Wildman–Crippen LogP) is 3.55. The minimum absolute atomic E-state index is 0.191. The number of aromatic nitrogens is 4. The van der Waals surface area contributed by atoms with Gasteiger partial charge in [0.1, 0.15) is 17.8 Å². The molecular weight excluding hydrogens is 412 g/mol. The zero-order valence-electron chi connectivity index (χ0n) is 18.3. The van der Waals surface area contributed by atoms with Crippen LogP contribution < -0.4 is 10.6 Å². The number of rotatable bonds is 5. The van der Waals surface area contributed by atoms with Crippen molar-refractivity contribution in [3.8, 4) is 34.1 Å². The number of amides is 1. The van der Waals surface area contributed by atoms with Crippen molar-refractivity contribution in [1.29, 1.82) is 0 Å².